The van der Waals surface area contributed by atoms with Gasteiger partial charge in [0.05, 0.1) is 0 Å². The fraction of sp³-hybridized carbons (Fsp3) is 0.500. The van der Waals surface area contributed by atoms with Crippen LogP contribution in [0.2, 0.25) is 0 Å². The van der Waals surface area contributed by atoms with Gasteiger partial charge in [-0.05, 0) is 12.8 Å². The third kappa shape index (κ3) is 0.995. The Morgan fingerprint density at radius 1 is 1.08 bits per heavy atom. The van der Waals surface area contributed by atoms with E-state index in [0.29, 0.717) is 12.8 Å². The minimum atomic E-state index is -0.385. The normalized spacial score (nSPS) is 34.2. The van der Waals surface area contributed by atoms with Crippen LogP contribution in [0, 0.1) is 0 Å². The van der Waals surface area contributed by atoms with Gasteiger partial charge in [-0.25, -0.2) is 0 Å². The third-order valence-electron chi connectivity index (χ3n) is 2.25. The molecule has 0 aromatic carbocycles. The Bertz CT molecular complexity index is 242. The molecule has 0 aromatic heterocycles. The molecule has 2 bridgehead atoms. The van der Waals surface area contributed by atoms with Gasteiger partial charge in [0.25, 0.3) is 0 Å². The molecule has 0 aromatic rings. The van der Waals surface area contributed by atoms with Gasteiger partial charge in [0.15, 0.2) is 0 Å². The van der Waals surface area contributed by atoms with E-state index < -0.39 is 0 Å². The fourth-order valence-corrected chi connectivity index (χ4v) is 1.62. The standard InChI is InChI=1S/C8H10N2O2/c1-4-2-5-7(11)10-6(3-4)8(12)9-5/h5-6H,1-3H2,(H,9,12)(H,10,11)/t5-,6+. The van der Waals surface area contributed by atoms with Crippen molar-refractivity contribution >= 4 is 11.8 Å². The first-order valence-corrected chi connectivity index (χ1v) is 3.94. The summed E-state index contributed by atoms with van der Waals surface area (Å²) < 4.78 is 0. The van der Waals surface area contributed by atoms with Crippen molar-refractivity contribution in [2.75, 3.05) is 0 Å². The molecule has 12 heavy (non-hydrogen) atoms. The Hall–Kier alpha value is -1.32. The van der Waals surface area contributed by atoms with E-state index in [1.54, 1.807) is 0 Å². The van der Waals surface area contributed by atoms with E-state index in [2.05, 4.69) is 17.2 Å². The highest BCUT2D eigenvalue weighted by Gasteiger charge is 2.37. The molecule has 3 saturated heterocycles. The maximum Gasteiger partial charge on any atom is 0.243 e. The summed E-state index contributed by atoms with van der Waals surface area (Å²) in [4.78, 5) is 22.4. The third-order valence-corrected chi connectivity index (χ3v) is 2.25. The van der Waals surface area contributed by atoms with E-state index in [4.69, 9.17) is 0 Å². The highest BCUT2D eigenvalue weighted by Crippen LogP contribution is 2.19. The molecule has 64 valence electrons. The van der Waals surface area contributed by atoms with Crippen molar-refractivity contribution in [3.63, 3.8) is 0 Å². The molecule has 0 unspecified atom stereocenters. The molecule has 3 fully saturated rings. The highest BCUT2D eigenvalue weighted by atomic mass is 16.2. The predicted octanol–water partition coefficient (Wildman–Crippen LogP) is -0.680. The zero-order valence-corrected chi connectivity index (χ0v) is 6.59. The lowest BCUT2D eigenvalue weighted by atomic mass is 10.1. The second-order valence-electron chi connectivity index (χ2n) is 3.28. The zero-order chi connectivity index (χ0) is 8.72. The quantitative estimate of drug-likeness (QED) is 0.468. The molecule has 4 nitrogen and oxygen atoms in total. The van der Waals surface area contributed by atoms with E-state index in [-0.39, 0.29) is 23.9 Å². The molecule has 2 amide bonds. The number of fused-ring (bicyclic) bond motifs is 4. The summed E-state index contributed by atoms with van der Waals surface area (Å²) >= 11 is 0. The van der Waals surface area contributed by atoms with Crippen LogP contribution in [0.25, 0.3) is 0 Å². The first-order chi connectivity index (χ1) is 5.66. The Balaban J connectivity index is 2.31. The lowest BCUT2D eigenvalue weighted by Crippen LogP contribution is -2.59. The van der Waals surface area contributed by atoms with Gasteiger partial charge in [-0.1, -0.05) is 12.2 Å². The van der Waals surface area contributed by atoms with Gasteiger partial charge in [0.2, 0.25) is 11.8 Å². The van der Waals surface area contributed by atoms with Crippen LogP contribution in [0.15, 0.2) is 12.2 Å². The number of rotatable bonds is 0. The molecular formula is C8H10N2O2. The smallest absolute Gasteiger partial charge is 0.243 e. The van der Waals surface area contributed by atoms with Crippen molar-refractivity contribution in [1.82, 2.24) is 10.6 Å². The van der Waals surface area contributed by atoms with Crippen molar-refractivity contribution in [2.24, 2.45) is 0 Å². The predicted molar refractivity (Wildman–Crippen MR) is 42.2 cm³/mol. The molecule has 0 saturated carbocycles. The number of nitrogens with one attached hydrogen (secondary N) is 2. The van der Waals surface area contributed by atoms with Gasteiger partial charge in [-0.15, -0.1) is 0 Å². The van der Waals surface area contributed by atoms with Gasteiger partial charge >= 0.3 is 0 Å². The lowest BCUT2D eigenvalue weighted by Gasteiger charge is -2.24. The van der Waals surface area contributed by atoms with Crippen LogP contribution in [0.1, 0.15) is 12.8 Å². The van der Waals surface area contributed by atoms with Crippen LogP contribution in [0.3, 0.4) is 0 Å². The van der Waals surface area contributed by atoms with Gasteiger partial charge in [-0.2, -0.15) is 0 Å². The van der Waals surface area contributed by atoms with Crippen molar-refractivity contribution in [2.45, 2.75) is 24.9 Å². The van der Waals surface area contributed by atoms with E-state index in [1.807, 2.05) is 0 Å². The summed E-state index contributed by atoms with van der Waals surface area (Å²) in [6.07, 6.45) is 1.15. The molecule has 0 radical (unpaired) electrons. The maximum absolute atomic E-state index is 11.2. The van der Waals surface area contributed by atoms with E-state index >= 15 is 0 Å². The Labute approximate surface area is 70.0 Å². The van der Waals surface area contributed by atoms with Crippen LogP contribution in [0.5, 0.6) is 0 Å². The van der Waals surface area contributed by atoms with Crippen LogP contribution >= 0.6 is 0 Å². The number of carbonyl (C=O) groups excluding carboxylic acids is 2. The average Bonchev–Trinajstić information content (AvgIpc) is 2.17. The average molecular weight is 166 g/mol. The van der Waals surface area contributed by atoms with Crippen LogP contribution in [-0.2, 0) is 9.59 Å². The SMILES string of the molecule is C=C1C[C@@H]2NC(=O)[C@@H](C1)NC2=O. The highest BCUT2D eigenvalue weighted by molar-refractivity contribution is 5.98. The molecule has 0 aliphatic carbocycles. The molecule has 3 heterocycles. The second-order valence-corrected chi connectivity index (χ2v) is 3.28. The van der Waals surface area contributed by atoms with Crippen molar-refractivity contribution in [3.05, 3.63) is 12.2 Å². The minimum Gasteiger partial charge on any atom is -0.342 e. The molecule has 4 heteroatoms. The molecule has 3 aliphatic rings. The van der Waals surface area contributed by atoms with Gasteiger partial charge in [0, 0.05) is 0 Å². The van der Waals surface area contributed by atoms with Crippen LogP contribution in [-0.4, -0.2) is 23.9 Å². The summed E-state index contributed by atoms with van der Waals surface area (Å²) in [6.45, 7) is 3.80. The van der Waals surface area contributed by atoms with E-state index in [0.717, 1.165) is 5.57 Å². The molecule has 2 N–H and O–H groups in total. The summed E-state index contributed by atoms with van der Waals surface area (Å²) in [5.74, 6) is -0.170. The lowest BCUT2D eigenvalue weighted by molar-refractivity contribution is -0.135. The summed E-state index contributed by atoms with van der Waals surface area (Å²) in [6, 6.07) is -0.771. The number of piperazine rings is 1. The van der Waals surface area contributed by atoms with E-state index in [9.17, 15) is 9.59 Å². The second kappa shape index (κ2) is 2.33. The summed E-state index contributed by atoms with van der Waals surface area (Å²) in [7, 11) is 0. The maximum atomic E-state index is 11.2. The number of hydrogen-bond donors (Lipinski definition) is 2. The molecule has 3 aliphatic heterocycles. The first kappa shape index (κ1) is 7.34. The molecule has 3 rings (SSSR count). The Morgan fingerprint density at radius 2 is 1.50 bits per heavy atom. The first-order valence-electron chi connectivity index (χ1n) is 3.94. The minimum absolute atomic E-state index is 0.0850. The van der Waals surface area contributed by atoms with Gasteiger partial charge in [0.1, 0.15) is 12.1 Å². The number of hydrogen-bond acceptors (Lipinski definition) is 2. The zero-order valence-electron chi connectivity index (χ0n) is 6.59. The molecule has 0 spiro atoms. The number of amides is 2. The Morgan fingerprint density at radius 3 is 1.92 bits per heavy atom. The largest absolute Gasteiger partial charge is 0.342 e. The summed E-state index contributed by atoms with van der Waals surface area (Å²) in [5.41, 5.74) is 0.960. The fourth-order valence-electron chi connectivity index (χ4n) is 1.62. The van der Waals surface area contributed by atoms with Gasteiger partial charge in [-0.3, -0.25) is 9.59 Å². The Kier molecular flexibility index (Phi) is 1.43. The van der Waals surface area contributed by atoms with Gasteiger partial charge < -0.3 is 10.6 Å². The summed E-state index contributed by atoms with van der Waals surface area (Å²) in [5, 5.41) is 5.29. The molecule has 2 atom stereocenters. The van der Waals surface area contributed by atoms with Crippen LogP contribution in [0.4, 0.5) is 0 Å². The van der Waals surface area contributed by atoms with Crippen molar-refractivity contribution < 1.29 is 9.59 Å². The molecular weight excluding hydrogens is 156 g/mol. The van der Waals surface area contributed by atoms with Crippen LogP contribution < -0.4 is 10.6 Å². The van der Waals surface area contributed by atoms with Crippen molar-refractivity contribution in [3.8, 4) is 0 Å². The topological polar surface area (TPSA) is 58.2 Å². The monoisotopic (exact) mass is 166 g/mol. The number of carbonyl (C=O) groups is 2. The van der Waals surface area contributed by atoms with Crippen molar-refractivity contribution in [1.29, 1.82) is 0 Å². The van der Waals surface area contributed by atoms with E-state index in [1.165, 1.54) is 0 Å².